The number of carbonyl (C=O) groups excluding carboxylic acids is 1. The number of rotatable bonds is 6. The van der Waals surface area contributed by atoms with Crippen molar-refractivity contribution in [2.45, 2.75) is 44.7 Å². The number of halogens is 2. The third-order valence-electron chi connectivity index (χ3n) is 4.26. The molecular weight excluding hydrogens is 260 g/mol. The minimum absolute atomic E-state index is 0.000321. The first-order valence-electron chi connectivity index (χ1n) is 7.31. The second-order valence-corrected chi connectivity index (χ2v) is 6.04. The zero-order chi connectivity index (χ0) is 14.3. The van der Waals surface area contributed by atoms with Crippen LogP contribution in [0.5, 0.6) is 0 Å². The molecule has 3 rings (SSSR count). The van der Waals surface area contributed by atoms with E-state index >= 15 is 0 Å². The van der Waals surface area contributed by atoms with Gasteiger partial charge in [0.25, 0.3) is 0 Å². The van der Waals surface area contributed by atoms with E-state index < -0.39 is 11.6 Å². The van der Waals surface area contributed by atoms with Gasteiger partial charge in [-0.2, -0.15) is 0 Å². The van der Waals surface area contributed by atoms with Gasteiger partial charge in [0.15, 0.2) is 5.78 Å². The second-order valence-electron chi connectivity index (χ2n) is 6.04. The van der Waals surface area contributed by atoms with Gasteiger partial charge in [0, 0.05) is 18.7 Å². The maximum atomic E-state index is 13.7. The monoisotopic (exact) mass is 279 g/mol. The van der Waals surface area contributed by atoms with Gasteiger partial charge >= 0.3 is 0 Å². The van der Waals surface area contributed by atoms with Gasteiger partial charge in [-0.1, -0.05) is 0 Å². The fraction of sp³-hybridized carbons (Fsp3) is 0.562. The highest BCUT2D eigenvalue weighted by Gasteiger charge is 2.38. The summed E-state index contributed by atoms with van der Waals surface area (Å²) < 4.78 is 26.7. The average Bonchev–Trinajstić information content (AvgIpc) is 3.26. The highest BCUT2D eigenvalue weighted by Crippen LogP contribution is 2.36. The van der Waals surface area contributed by atoms with E-state index in [9.17, 15) is 13.6 Å². The number of Topliss-reactive ketones (excluding diaryl/α,β-unsaturated/α-hetero) is 1. The Kier molecular flexibility index (Phi) is 3.59. The van der Waals surface area contributed by atoms with Gasteiger partial charge in [-0.05, 0) is 50.7 Å². The summed E-state index contributed by atoms with van der Waals surface area (Å²) in [6.45, 7) is 2.77. The van der Waals surface area contributed by atoms with Crippen LogP contribution in [0, 0.1) is 17.6 Å². The Morgan fingerprint density at radius 3 is 2.55 bits per heavy atom. The molecule has 0 bridgehead atoms. The van der Waals surface area contributed by atoms with Crippen molar-refractivity contribution in [3.05, 3.63) is 35.4 Å². The van der Waals surface area contributed by atoms with E-state index in [4.69, 9.17) is 0 Å². The molecule has 0 saturated heterocycles. The quantitative estimate of drug-likeness (QED) is 0.744. The second kappa shape index (κ2) is 5.24. The number of hydrogen-bond acceptors (Lipinski definition) is 2. The molecule has 1 aromatic rings. The first-order chi connectivity index (χ1) is 9.56. The molecule has 1 atom stereocenters. The molecule has 2 aliphatic rings. The van der Waals surface area contributed by atoms with Crippen molar-refractivity contribution >= 4 is 5.78 Å². The number of carbonyl (C=O) groups is 1. The lowest BCUT2D eigenvalue weighted by Crippen LogP contribution is -2.42. The molecule has 0 amide bonds. The van der Waals surface area contributed by atoms with Crippen LogP contribution in [-0.2, 0) is 0 Å². The van der Waals surface area contributed by atoms with Crippen molar-refractivity contribution in [3.8, 4) is 0 Å². The van der Waals surface area contributed by atoms with E-state index in [0.717, 1.165) is 31.5 Å². The van der Waals surface area contributed by atoms with Crippen LogP contribution in [0.3, 0.4) is 0 Å². The molecule has 0 aromatic heterocycles. The Balaban J connectivity index is 1.76. The van der Waals surface area contributed by atoms with Gasteiger partial charge in [-0.3, -0.25) is 9.69 Å². The highest BCUT2D eigenvalue weighted by atomic mass is 19.1. The van der Waals surface area contributed by atoms with Crippen LogP contribution in [0.15, 0.2) is 18.2 Å². The maximum absolute atomic E-state index is 13.7. The first-order valence-corrected chi connectivity index (χ1v) is 7.31. The molecule has 1 unspecified atom stereocenters. The predicted octanol–water partition coefficient (Wildman–Crippen LogP) is 3.41. The summed E-state index contributed by atoms with van der Waals surface area (Å²) in [6, 6.07) is 3.32. The van der Waals surface area contributed by atoms with Gasteiger partial charge in [0.1, 0.15) is 11.6 Å². The van der Waals surface area contributed by atoms with Crippen molar-refractivity contribution in [1.82, 2.24) is 4.90 Å². The summed E-state index contributed by atoms with van der Waals surface area (Å²) in [4.78, 5) is 14.7. The van der Waals surface area contributed by atoms with Crippen LogP contribution in [0.2, 0.25) is 0 Å². The topological polar surface area (TPSA) is 20.3 Å². The minimum Gasteiger partial charge on any atom is -0.292 e. The van der Waals surface area contributed by atoms with Crippen molar-refractivity contribution in [2.75, 3.05) is 6.54 Å². The molecule has 20 heavy (non-hydrogen) atoms. The van der Waals surface area contributed by atoms with Crippen LogP contribution >= 0.6 is 0 Å². The Morgan fingerprint density at radius 1 is 1.30 bits per heavy atom. The maximum Gasteiger partial charge on any atom is 0.182 e. The number of benzene rings is 1. The zero-order valence-electron chi connectivity index (χ0n) is 11.6. The SMILES string of the molecule is CC(C(=O)c1ccc(F)cc1F)N(CC1CC1)C1CC1. The third-order valence-corrected chi connectivity index (χ3v) is 4.26. The lowest BCUT2D eigenvalue weighted by atomic mass is 10.0. The molecule has 1 aromatic carbocycles. The van der Waals surface area contributed by atoms with Crippen molar-refractivity contribution < 1.29 is 13.6 Å². The fourth-order valence-electron chi connectivity index (χ4n) is 2.69. The molecule has 0 spiro atoms. The zero-order valence-corrected chi connectivity index (χ0v) is 11.6. The van der Waals surface area contributed by atoms with Gasteiger partial charge in [-0.15, -0.1) is 0 Å². The predicted molar refractivity (Wildman–Crippen MR) is 72.6 cm³/mol. The Labute approximate surface area is 117 Å². The van der Waals surface area contributed by atoms with E-state index in [1.807, 2.05) is 6.92 Å². The molecule has 4 heteroatoms. The first kappa shape index (κ1) is 13.7. The highest BCUT2D eigenvalue weighted by molar-refractivity contribution is 6.00. The normalized spacial score (nSPS) is 20.2. The summed E-state index contributed by atoms with van der Waals surface area (Å²) in [5.74, 6) is -0.952. The lowest BCUT2D eigenvalue weighted by Gasteiger charge is -2.28. The van der Waals surface area contributed by atoms with E-state index in [1.54, 1.807) is 0 Å². The number of ketones is 1. The minimum atomic E-state index is -0.760. The molecule has 0 N–H and O–H groups in total. The molecule has 2 aliphatic carbocycles. The van der Waals surface area contributed by atoms with Crippen molar-refractivity contribution in [1.29, 1.82) is 0 Å². The summed E-state index contributed by atoms with van der Waals surface area (Å²) in [5.41, 5.74) is 0.000321. The number of hydrogen-bond donors (Lipinski definition) is 0. The molecular formula is C16H19F2NO. The van der Waals surface area contributed by atoms with Gasteiger partial charge in [0.2, 0.25) is 0 Å². The van der Waals surface area contributed by atoms with E-state index in [0.29, 0.717) is 12.0 Å². The molecule has 0 radical (unpaired) electrons. The Morgan fingerprint density at radius 2 is 2.00 bits per heavy atom. The number of nitrogens with zero attached hydrogens (tertiary/aromatic N) is 1. The molecule has 108 valence electrons. The van der Waals surface area contributed by atoms with Crippen LogP contribution < -0.4 is 0 Å². The molecule has 0 aliphatic heterocycles. The van der Waals surface area contributed by atoms with Crippen LogP contribution in [0.4, 0.5) is 8.78 Å². The van der Waals surface area contributed by atoms with Crippen LogP contribution in [0.25, 0.3) is 0 Å². The summed E-state index contributed by atoms with van der Waals surface area (Å²) in [7, 11) is 0. The molecule has 2 fully saturated rings. The van der Waals surface area contributed by atoms with Gasteiger partial charge in [-0.25, -0.2) is 8.78 Å². The average molecular weight is 279 g/mol. The third kappa shape index (κ3) is 2.90. The van der Waals surface area contributed by atoms with Crippen LogP contribution in [0.1, 0.15) is 43.0 Å². The van der Waals surface area contributed by atoms with Crippen molar-refractivity contribution in [3.63, 3.8) is 0 Å². The van der Waals surface area contributed by atoms with E-state index in [2.05, 4.69) is 4.90 Å². The van der Waals surface area contributed by atoms with E-state index in [-0.39, 0.29) is 17.4 Å². The van der Waals surface area contributed by atoms with E-state index in [1.165, 1.54) is 18.9 Å². The van der Waals surface area contributed by atoms with Gasteiger partial charge < -0.3 is 0 Å². The van der Waals surface area contributed by atoms with Crippen LogP contribution in [-0.4, -0.2) is 29.3 Å². The Hall–Kier alpha value is -1.29. The molecule has 0 heterocycles. The standard InChI is InChI=1S/C16H19F2NO/c1-10(19(13-5-6-13)9-11-2-3-11)16(20)14-7-4-12(17)8-15(14)18/h4,7-8,10-11,13H,2-3,5-6,9H2,1H3. The lowest BCUT2D eigenvalue weighted by molar-refractivity contribution is 0.0814. The fourth-order valence-corrected chi connectivity index (χ4v) is 2.69. The smallest absolute Gasteiger partial charge is 0.182 e. The summed E-state index contributed by atoms with van der Waals surface area (Å²) in [5, 5.41) is 0. The summed E-state index contributed by atoms with van der Waals surface area (Å²) in [6.07, 6.45) is 4.70. The van der Waals surface area contributed by atoms with Gasteiger partial charge in [0.05, 0.1) is 11.6 Å². The molecule has 2 nitrogen and oxygen atoms in total. The van der Waals surface area contributed by atoms with Crippen molar-refractivity contribution in [2.24, 2.45) is 5.92 Å². The molecule has 2 saturated carbocycles. The summed E-state index contributed by atoms with van der Waals surface area (Å²) >= 11 is 0. The Bertz CT molecular complexity index is 523. The largest absolute Gasteiger partial charge is 0.292 e.